The summed E-state index contributed by atoms with van der Waals surface area (Å²) >= 11 is 0. The summed E-state index contributed by atoms with van der Waals surface area (Å²) in [4.78, 5) is 4.40. The standard InChI is InChI=1S/C29H26FN3O5S/c1-36-27-11-6-22(29(16-27)37-2)19-33(39(3,34)35)18-20-14-24(17-31)32-28(15-20)21-4-9-25(10-5-21)38-26-12-7-23(30)8-13-26/h4-16H,18-19H2,1-3H3. The van der Waals surface area contributed by atoms with Crippen molar-refractivity contribution < 1.29 is 27.0 Å². The topological polar surface area (TPSA) is 102 Å². The average Bonchev–Trinajstić information content (AvgIpc) is 2.93. The van der Waals surface area contributed by atoms with Gasteiger partial charge in [-0.1, -0.05) is 6.07 Å². The van der Waals surface area contributed by atoms with Crippen LogP contribution >= 0.6 is 0 Å². The third-order valence-electron chi connectivity index (χ3n) is 5.87. The zero-order valence-electron chi connectivity index (χ0n) is 21.6. The van der Waals surface area contributed by atoms with Gasteiger partial charge in [-0.3, -0.25) is 0 Å². The van der Waals surface area contributed by atoms with Crippen LogP contribution in [0.3, 0.4) is 0 Å². The summed E-state index contributed by atoms with van der Waals surface area (Å²) in [6.45, 7) is 0.0743. The number of benzene rings is 3. The van der Waals surface area contributed by atoms with E-state index in [1.54, 1.807) is 54.6 Å². The van der Waals surface area contributed by atoms with Gasteiger partial charge in [-0.05, 0) is 72.3 Å². The highest BCUT2D eigenvalue weighted by atomic mass is 32.2. The second-order valence-corrected chi connectivity index (χ2v) is 10.6. The quantitative estimate of drug-likeness (QED) is 0.257. The molecule has 39 heavy (non-hydrogen) atoms. The van der Waals surface area contributed by atoms with Crippen LogP contribution in [0, 0.1) is 17.1 Å². The fourth-order valence-corrected chi connectivity index (χ4v) is 4.64. The summed E-state index contributed by atoms with van der Waals surface area (Å²) in [6, 6.07) is 23.3. The number of methoxy groups -OCH3 is 2. The second kappa shape index (κ2) is 11.9. The van der Waals surface area contributed by atoms with Gasteiger partial charge in [0, 0.05) is 30.3 Å². The minimum Gasteiger partial charge on any atom is -0.497 e. The zero-order valence-corrected chi connectivity index (χ0v) is 22.4. The van der Waals surface area contributed by atoms with E-state index in [1.807, 2.05) is 0 Å². The van der Waals surface area contributed by atoms with Crippen molar-refractivity contribution in [1.82, 2.24) is 9.29 Å². The van der Waals surface area contributed by atoms with Gasteiger partial charge in [0.1, 0.15) is 40.6 Å². The molecule has 0 N–H and O–H groups in total. The molecule has 0 aliphatic rings. The third kappa shape index (κ3) is 7.10. The Hall–Kier alpha value is -4.46. The SMILES string of the molecule is COc1ccc(CN(Cc2cc(C#N)nc(-c3ccc(Oc4ccc(F)cc4)cc3)c2)S(C)(=O)=O)c(OC)c1. The number of sulfonamides is 1. The molecular weight excluding hydrogens is 521 g/mol. The number of halogens is 1. The third-order valence-corrected chi connectivity index (χ3v) is 7.06. The highest BCUT2D eigenvalue weighted by Crippen LogP contribution is 2.29. The number of aromatic nitrogens is 1. The van der Waals surface area contributed by atoms with Gasteiger partial charge >= 0.3 is 0 Å². The van der Waals surface area contributed by atoms with E-state index in [1.165, 1.54) is 42.8 Å². The van der Waals surface area contributed by atoms with E-state index in [4.69, 9.17) is 14.2 Å². The molecule has 0 unspecified atom stereocenters. The molecule has 4 aromatic rings. The average molecular weight is 548 g/mol. The number of hydrogen-bond acceptors (Lipinski definition) is 7. The summed E-state index contributed by atoms with van der Waals surface area (Å²) in [5.41, 5.74) is 2.64. The van der Waals surface area contributed by atoms with Gasteiger partial charge in [0.15, 0.2) is 0 Å². The summed E-state index contributed by atoms with van der Waals surface area (Å²) < 4.78 is 56.3. The number of hydrogen-bond donors (Lipinski definition) is 0. The van der Waals surface area contributed by atoms with E-state index in [0.717, 1.165) is 6.26 Å². The first-order valence-electron chi connectivity index (χ1n) is 11.8. The molecule has 0 aliphatic carbocycles. The number of rotatable bonds is 10. The predicted molar refractivity (Wildman–Crippen MR) is 144 cm³/mol. The van der Waals surface area contributed by atoms with Crippen LogP contribution in [-0.4, -0.2) is 38.2 Å². The molecule has 0 spiro atoms. The molecule has 3 aromatic carbocycles. The highest BCUT2D eigenvalue weighted by Gasteiger charge is 2.21. The van der Waals surface area contributed by atoms with E-state index in [0.29, 0.717) is 45.4 Å². The van der Waals surface area contributed by atoms with Crippen LogP contribution in [0.1, 0.15) is 16.8 Å². The first-order chi connectivity index (χ1) is 18.7. The minimum absolute atomic E-state index is 0.0178. The molecule has 1 heterocycles. The fraction of sp³-hybridized carbons (Fsp3) is 0.172. The lowest BCUT2D eigenvalue weighted by Crippen LogP contribution is -2.29. The monoisotopic (exact) mass is 547 g/mol. The number of pyridine rings is 1. The highest BCUT2D eigenvalue weighted by molar-refractivity contribution is 7.88. The summed E-state index contributed by atoms with van der Waals surface area (Å²) in [5, 5.41) is 9.59. The lowest BCUT2D eigenvalue weighted by atomic mass is 10.1. The molecule has 4 rings (SSSR count). The first kappa shape index (κ1) is 27.6. The van der Waals surface area contributed by atoms with Crippen molar-refractivity contribution >= 4 is 10.0 Å². The molecule has 10 heteroatoms. The van der Waals surface area contributed by atoms with Gasteiger partial charge in [-0.25, -0.2) is 17.8 Å². The maximum atomic E-state index is 13.1. The molecule has 0 aliphatic heterocycles. The first-order valence-corrected chi connectivity index (χ1v) is 13.6. The number of nitrogens with zero attached hydrogens (tertiary/aromatic N) is 3. The van der Waals surface area contributed by atoms with Crippen molar-refractivity contribution in [1.29, 1.82) is 5.26 Å². The Morgan fingerprint density at radius 3 is 2.10 bits per heavy atom. The molecule has 200 valence electrons. The van der Waals surface area contributed by atoms with E-state index >= 15 is 0 Å². The lowest BCUT2D eigenvalue weighted by Gasteiger charge is -2.22. The molecule has 0 saturated heterocycles. The normalized spacial score (nSPS) is 11.2. The fourth-order valence-electron chi connectivity index (χ4n) is 3.88. The van der Waals surface area contributed by atoms with Gasteiger partial charge < -0.3 is 14.2 Å². The summed E-state index contributed by atoms with van der Waals surface area (Å²) in [7, 11) is -0.588. The van der Waals surface area contributed by atoms with E-state index in [-0.39, 0.29) is 24.6 Å². The molecule has 0 atom stereocenters. The predicted octanol–water partition coefficient (Wildman–Crippen LogP) is 5.53. The van der Waals surface area contributed by atoms with Crippen molar-refractivity contribution in [3.8, 4) is 40.3 Å². The van der Waals surface area contributed by atoms with Crippen LogP contribution in [0.2, 0.25) is 0 Å². The van der Waals surface area contributed by atoms with E-state index in [2.05, 4.69) is 11.1 Å². The molecule has 0 bridgehead atoms. The number of ether oxygens (including phenoxy) is 3. The van der Waals surface area contributed by atoms with Crippen LogP contribution in [-0.2, 0) is 23.1 Å². The van der Waals surface area contributed by atoms with Crippen LogP contribution in [0.25, 0.3) is 11.3 Å². The van der Waals surface area contributed by atoms with Crippen molar-refractivity contribution in [2.45, 2.75) is 13.1 Å². The second-order valence-electron chi connectivity index (χ2n) is 8.65. The van der Waals surface area contributed by atoms with Crippen LogP contribution < -0.4 is 14.2 Å². The summed E-state index contributed by atoms with van der Waals surface area (Å²) in [5.74, 6) is 1.77. The molecule has 1 aromatic heterocycles. The molecule has 0 fully saturated rings. The maximum Gasteiger partial charge on any atom is 0.211 e. The Kier molecular flexibility index (Phi) is 8.44. The smallest absolute Gasteiger partial charge is 0.211 e. The van der Waals surface area contributed by atoms with Crippen LogP contribution in [0.4, 0.5) is 4.39 Å². The van der Waals surface area contributed by atoms with E-state index < -0.39 is 10.0 Å². The molecule has 0 amide bonds. The van der Waals surface area contributed by atoms with Gasteiger partial charge in [0.25, 0.3) is 0 Å². The maximum absolute atomic E-state index is 13.1. The Morgan fingerprint density at radius 1 is 0.872 bits per heavy atom. The Labute approximate surface area is 226 Å². The Bertz CT molecular complexity index is 1600. The molecular formula is C29H26FN3O5S. The molecule has 8 nitrogen and oxygen atoms in total. The van der Waals surface area contributed by atoms with Crippen molar-refractivity contribution in [3.63, 3.8) is 0 Å². The molecule has 0 saturated carbocycles. The van der Waals surface area contributed by atoms with Crippen molar-refractivity contribution in [2.24, 2.45) is 0 Å². The molecule has 0 radical (unpaired) electrons. The van der Waals surface area contributed by atoms with Crippen molar-refractivity contribution in [3.05, 3.63) is 102 Å². The van der Waals surface area contributed by atoms with E-state index in [9.17, 15) is 18.1 Å². The lowest BCUT2D eigenvalue weighted by molar-refractivity contribution is 0.371. The van der Waals surface area contributed by atoms with Crippen LogP contribution in [0.5, 0.6) is 23.0 Å². The summed E-state index contributed by atoms with van der Waals surface area (Å²) in [6.07, 6.45) is 1.14. The van der Waals surface area contributed by atoms with Gasteiger partial charge in [0.05, 0.1) is 26.2 Å². The zero-order chi connectivity index (χ0) is 28.0. The number of nitriles is 1. The van der Waals surface area contributed by atoms with Crippen molar-refractivity contribution in [2.75, 3.05) is 20.5 Å². The largest absolute Gasteiger partial charge is 0.497 e. The van der Waals surface area contributed by atoms with Gasteiger partial charge in [-0.15, -0.1) is 0 Å². The minimum atomic E-state index is -3.63. The van der Waals surface area contributed by atoms with Gasteiger partial charge in [-0.2, -0.15) is 9.57 Å². The Balaban J connectivity index is 1.60. The van der Waals surface area contributed by atoms with Crippen LogP contribution in [0.15, 0.2) is 78.9 Å². The Morgan fingerprint density at radius 2 is 1.51 bits per heavy atom. The van der Waals surface area contributed by atoms with Gasteiger partial charge in [0.2, 0.25) is 10.0 Å².